The molecule has 0 radical (unpaired) electrons. The number of carbonyl (C=O) groups excluding carboxylic acids is 5. The van der Waals surface area contributed by atoms with Crippen LogP contribution in [0.25, 0.3) is 0 Å². The Labute approximate surface area is 315 Å². The van der Waals surface area contributed by atoms with Crippen LogP contribution in [0.1, 0.15) is 65.0 Å². The van der Waals surface area contributed by atoms with Gasteiger partial charge in [-0.1, -0.05) is 88.4 Å². The Bertz CT molecular complexity index is 1510. The zero-order chi connectivity index (χ0) is 38.5. The van der Waals surface area contributed by atoms with Crippen LogP contribution in [0.3, 0.4) is 0 Å². The first kappa shape index (κ1) is 41.6. The lowest BCUT2D eigenvalue weighted by Crippen LogP contribution is -2.59. The van der Waals surface area contributed by atoms with Crippen LogP contribution >= 0.6 is 0 Å². The number of rotatable bonds is 20. The minimum Gasteiger partial charge on any atom is -0.361 e. The van der Waals surface area contributed by atoms with Crippen molar-refractivity contribution in [3.63, 3.8) is 0 Å². The quantitative estimate of drug-likeness (QED) is 0.152. The molecular formula is C41H60N6O6. The van der Waals surface area contributed by atoms with Crippen molar-refractivity contribution in [1.29, 1.82) is 0 Å². The Balaban J connectivity index is 1.51. The Kier molecular flexibility index (Phi) is 15.6. The van der Waals surface area contributed by atoms with E-state index in [-0.39, 0.29) is 36.5 Å². The van der Waals surface area contributed by atoms with Crippen molar-refractivity contribution in [1.82, 2.24) is 31.1 Å². The maximum absolute atomic E-state index is 14.1. The summed E-state index contributed by atoms with van der Waals surface area (Å²) in [5, 5.41) is 11.7. The van der Waals surface area contributed by atoms with E-state index < -0.39 is 47.5 Å². The van der Waals surface area contributed by atoms with Gasteiger partial charge in [0.1, 0.15) is 23.7 Å². The second-order valence-corrected chi connectivity index (χ2v) is 15.7. The van der Waals surface area contributed by atoms with Gasteiger partial charge in [-0.25, -0.2) is 0 Å². The highest BCUT2D eigenvalue weighted by atomic mass is 16.6. The van der Waals surface area contributed by atoms with Gasteiger partial charge >= 0.3 is 0 Å². The minimum atomic E-state index is -1.02. The molecule has 2 fully saturated rings. The van der Waals surface area contributed by atoms with Crippen molar-refractivity contribution < 1.29 is 28.7 Å². The smallest absolute Gasteiger partial charge is 0.243 e. The molecule has 12 heteroatoms. The van der Waals surface area contributed by atoms with E-state index >= 15 is 0 Å². The highest BCUT2D eigenvalue weighted by molar-refractivity contribution is 5.98. The van der Waals surface area contributed by atoms with Gasteiger partial charge in [0, 0.05) is 32.6 Å². The fourth-order valence-electron chi connectivity index (χ4n) is 6.57. The lowest BCUT2D eigenvalue weighted by Gasteiger charge is -2.32. The number of amides is 4. The van der Waals surface area contributed by atoms with Crippen LogP contribution in [0.4, 0.5) is 0 Å². The number of piperazine rings is 1. The molecule has 4 N–H and O–H groups in total. The molecule has 12 nitrogen and oxygen atoms in total. The molecule has 4 rings (SSSR count). The maximum atomic E-state index is 14.1. The molecule has 2 saturated heterocycles. The second kappa shape index (κ2) is 19.8. The van der Waals surface area contributed by atoms with Gasteiger partial charge in [-0.05, 0) is 62.6 Å². The van der Waals surface area contributed by atoms with Gasteiger partial charge in [-0.3, -0.25) is 28.9 Å². The number of hydrogen-bond donors (Lipinski definition) is 4. The van der Waals surface area contributed by atoms with Gasteiger partial charge < -0.3 is 30.9 Å². The summed E-state index contributed by atoms with van der Waals surface area (Å²) in [5.74, 6) is -1.76. The molecule has 2 aliphatic heterocycles. The molecule has 0 bridgehead atoms. The Hall–Kier alpha value is -4.13. The van der Waals surface area contributed by atoms with E-state index in [4.69, 9.17) is 4.74 Å². The predicted octanol–water partition coefficient (Wildman–Crippen LogP) is 2.50. The number of hydrogen-bond acceptors (Lipinski definition) is 8. The summed E-state index contributed by atoms with van der Waals surface area (Å²) in [6.45, 7) is 13.3. The molecule has 53 heavy (non-hydrogen) atoms. The van der Waals surface area contributed by atoms with Crippen LogP contribution in [-0.4, -0.2) is 115 Å². The van der Waals surface area contributed by atoms with E-state index in [1.54, 1.807) is 6.92 Å². The lowest BCUT2D eigenvalue weighted by atomic mass is 9.93. The molecule has 2 heterocycles. The standard InChI is InChI=1S/C41H60N6O6/c1-28(2)23-33(37(49)41(5)27-53-41)43-40(52)35(25-31-15-11-8-12-16-31)45-39(51)34(24-29(3)4)44-38(50)32(18-17-30-13-9-7-10-14-30)42-36(48)26-47-21-19-46(6)20-22-47/h7-16,28-29,32-35H,17-27H2,1-6H3,(H,42,48)(H,43,52)(H,44,50)(H,45,51)/t32-,33-,34?,35-,41+/m0/s1. The number of carbonyl (C=O) groups is 5. The van der Waals surface area contributed by atoms with E-state index in [0.717, 1.165) is 37.3 Å². The molecule has 0 saturated carbocycles. The Morgan fingerprint density at radius 2 is 1.17 bits per heavy atom. The Morgan fingerprint density at radius 3 is 1.74 bits per heavy atom. The molecule has 1 unspecified atom stereocenters. The number of likely N-dealkylation sites (N-methyl/N-ethyl adjacent to an activating group) is 1. The molecule has 290 valence electrons. The van der Waals surface area contributed by atoms with E-state index in [9.17, 15) is 24.0 Å². The number of aryl methyl sites for hydroxylation is 1. The van der Waals surface area contributed by atoms with Crippen molar-refractivity contribution in [2.75, 3.05) is 46.4 Å². The predicted molar refractivity (Wildman–Crippen MR) is 205 cm³/mol. The summed E-state index contributed by atoms with van der Waals surface area (Å²) in [7, 11) is 2.05. The zero-order valence-electron chi connectivity index (χ0n) is 32.4. The van der Waals surface area contributed by atoms with Gasteiger partial charge in [-0.15, -0.1) is 0 Å². The second-order valence-electron chi connectivity index (χ2n) is 15.7. The van der Waals surface area contributed by atoms with Gasteiger partial charge in [-0.2, -0.15) is 0 Å². The van der Waals surface area contributed by atoms with E-state index in [1.165, 1.54) is 0 Å². The van der Waals surface area contributed by atoms with Gasteiger partial charge in [0.25, 0.3) is 0 Å². The normalized spacial score (nSPS) is 19.8. The van der Waals surface area contributed by atoms with Crippen LogP contribution in [0, 0.1) is 11.8 Å². The number of ether oxygens (including phenoxy) is 1. The molecule has 4 amide bonds. The number of nitrogens with one attached hydrogen (secondary N) is 4. The summed E-state index contributed by atoms with van der Waals surface area (Å²) >= 11 is 0. The maximum Gasteiger partial charge on any atom is 0.243 e. The third-order valence-electron chi connectivity index (χ3n) is 9.87. The van der Waals surface area contributed by atoms with Crippen molar-refractivity contribution in [2.45, 2.75) is 96.5 Å². The highest BCUT2D eigenvalue weighted by Crippen LogP contribution is 2.29. The third kappa shape index (κ3) is 13.7. The summed E-state index contributed by atoms with van der Waals surface area (Å²) < 4.78 is 5.41. The highest BCUT2D eigenvalue weighted by Gasteiger charge is 2.50. The fraction of sp³-hybridized carbons (Fsp3) is 0.585. The van der Waals surface area contributed by atoms with Crippen molar-refractivity contribution >= 4 is 29.4 Å². The molecule has 5 atom stereocenters. The van der Waals surface area contributed by atoms with Crippen LogP contribution in [0.15, 0.2) is 60.7 Å². The number of nitrogens with zero attached hydrogens (tertiary/aromatic N) is 2. The first-order valence-electron chi connectivity index (χ1n) is 19.1. The SMILES string of the molecule is CC(C)CC(NC(=O)[C@H](CCc1ccccc1)NC(=O)CN1CCN(C)CC1)C(=O)N[C@@H](Cc1ccccc1)C(=O)N[C@@H](CC(C)C)C(=O)[C@@]1(C)CO1. The van der Waals surface area contributed by atoms with Gasteiger partial charge in [0.05, 0.1) is 19.2 Å². The molecule has 2 aliphatic rings. The molecule has 2 aromatic rings. The van der Waals surface area contributed by atoms with Crippen LogP contribution < -0.4 is 21.3 Å². The van der Waals surface area contributed by atoms with Crippen molar-refractivity contribution in [2.24, 2.45) is 11.8 Å². The topological polar surface area (TPSA) is 152 Å². The van der Waals surface area contributed by atoms with E-state index in [1.807, 2.05) is 88.4 Å². The molecular weight excluding hydrogens is 672 g/mol. The largest absolute Gasteiger partial charge is 0.361 e. The van der Waals surface area contributed by atoms with Crippen molar-refractivity contribution in [3.8, 4) is 0 Å². The average molecular weight is 733 g/mol. The van der Waals surface area contributed by atoms with Crippen molar-refractivity contribution in [3.05, 3.63) is 71.8 Å². The van der Waals surface area contributed by atoms with Gasteiger partial charge in [0.15, 0.2) is 5.78 Å². The summed E-state index contributed by atoms with van der Waals surface area (Å²) in [4.78, 5) is 73.0. The first-order chi connectivity index (χ1) is 25.2. The third-order valence-corrected chi connectivity index (χ3v) is 9.87. The molecule has 2 aromatic carbocycles. The minimum absolute atomic E-state index is 0.0226. The number of Topliss-reactive ketones (excluding diaryl/α,β-unsaturated/α-hetero) is 1. The van der Waals surface area contributed by atoms with Crippen LogP contribution in [-0.2, 0) is 41.6 Å². The van der Waals surface area contributed by atoms with Crippen LogP contribution in [0.5, 0.6) is 0 Å². The number of benzene rings is 2. The summed E-state index contributed by atoms with van der Waals surface area (Å²) in [6, 6.07) is 15.4. The summed E-state index contributed by atoms with van der Waals surface area (Å²) in [5.41, 5.74) is 0.932. The molecule has 0 aromatic heterocycles. The van der Waals surface area contributed by atoms with E-state index in [0.29, 0.717) is 32.3 Å². The lowest BCUT2D eigenvalue weighted by molar-refractivity contribution is -0.135. The number of epoxide rings is 1. The molecule has 0 aliphatic carbocycles. The monoisotopic (exact) mass is 732 g/mol. The van der Waals surface area contributed by atoms with E-state index in [2.05, 4.69) is 38.1 Å². The Morgan fingerprint density at radius 1 is 0.679 bits per heavy atom. The fourth-order valence-corrected chi connectivity index (χ4v) is 6.57. The summed E-state index contributed by atoms with van der Waals surface area (Å²) in [6.07, 6.45) is 1.80. The first-order valence-corrected chi connectivity index (χ1v) is 19.1. The molecule has 0 spiro atoms. The zero-order valence-corrected chi connectivity index (χ0v) is 32.4. The van der Waals surface area contributed by atoms with Gasteiger partial charge in [0.2, 0.25) is 23.6 Å². The number of ketones is 1. The van der Waals surface area contributed by atoms with Crippen LogP contribution in [0.2, 0.25) is 0 Å². The average Bonchev–Trinajstić information content (AvgIpc) is 3.88.